The molecule has 0 saturated heterocycles. The molecule has 0 spiro atoms. The molecule has 5 heterocycles. The fraction of sp³-hybridized carbons (Fsp3) is 0.397. The maximum Gasteiger partial charge on any atom is 2.00 e. The zero-order valence-corrected chi connectivity index (χ0v) is 58.4. The molecule has 0 fully saturated rings. The van der Waals surface area contributed by atoms with Crippen LogP contribution in [0.3, 0.4) is 0 Å². The largest absolute Gasteiger partial charge is 2.00 e. The van der Waals surface area contributed by atoms with Gasteiger partial charge in [-0.05, 0) is 142 Å². The van der Waals surface area contributed by atoms with Gasteiger partial charge in [0.05, 0.1) is 86.8 Å². The van der Waals surface area contributed by atoms with Gasteiger partial charge in [0.15, 0.2) is 0 Å². The molecule has 8 bridgehead atoms. The number of aromatic nitrogens is 4. The molecular weight excluding hydrogens is 1220 g/mol. The standard InChI is InChI=1S/C73H84N4O12Si.Zn/c1-11-82-65(78)28-18-41-86-61-24-16-25-62(87-42-19-29-66(79)83-12-2)72(61)70-57-34-32-53(74-57)47-54-33-35-58(75-54)71(73-63(88-43-20-30-67(80)84-13-3)26-17-27-64(73)89-44-21-31-68(81)85-14-4)60-39-37-56(77-60)69(55-36-38-59(70)76-55)52-23-15-22-51(46-52)40-45-90(48(5)6,49(7)8)50(9)10;/h15-17,22-27,32-39,46-50H,11-14,18-21,28-31,41-44H2,1-10H3;/q-2;+2. The number of fused-ring (bicyclic) bond motifs is 8. The Kier molecular flexibility index (Phi) is 26.4. The Morgan fingerprint density at radius 2 is 0.835 bits per heavy atom. The Balaban J connectivity index is 0.0000118. The van der Waals surface area contributed by atoms with Gasteiger partial charge >= 0.3 is 43.4 Å². The van der Waals surface area contributed by atoms with Gasteiger partial charge in [0.2, 0.25) is 0 Å². The minimum atomic E-state index is -2.15. The topological polar surface area (TPSA) is 196 Å². The van der Waals surface area contributed by atoms with E-state index in [0.29, 0.717) is 132 Å². The number of nitrogens with zero attached hydrogens (tertiary/aromatic N) is 4. The average molecular weight is 1300 g/mol. The van der Waals surface area contributed by atoms with E-state index in [4.69, 9.17) is 57.8 Å². The van der Waals surface area contributed by atoms with E-state index >= 15 is 0 Å². The molecular formula is C73H84N4O12SiZn. The van der Waals surface area contributed by atoms with E-state index in [2.05, 4.69) is 71.2 Å². The minimum Gasteiger partial charge on any atom is -0.657 e. The summed E-state index contributed by atoms with van der Waals surface area (Å²) in [5.74, 6) is 4.35. The van der Waals surface area contributed by atoms with Gasteiger partial charge in [-0.15, -0.1) is 27.6 Å². The normalized spacial score (nSPS) is 11.7. The van der Waals surface area contributed by atoms with Crippen molar-refractivity contribution >= 4 is 78.3 Å². The van der Waals surface area contributed by atoms with Crippen molar-refractivity contribution in [3.63, 3.8) is 0 Å². The summed E-state index contributed by atoms with van der Waals surface area (Å²) in [4.78, 5) is 71.7. The molecule has 2 aliphatic heterocycles. The molecule has 91 heavy (non-hydrogen) atoms. The van der Waals surface area contributed by atoms with Crippen molar-refractivity contribution in [2.45, 2.75) is 137 Å². The van der Waals surface area contributed by atoms with Crippen LogP contribution in [0.5, 0.6) is 23.0 Å². The number of esters is 4. The number of benzene rings is 3. The van der Waals surface area contributed by atoms with Crippen LogP contribution in [0, 0.1) is 11.5 Å². The fourth-order valence-corrected chi connectivity index (χ4v) is 16.9. The first kappa shape index (κ1) is 70.2. The third-order valence-corrected chi connectivity index (χ3v) is 22.0. The van der Waals surface area contributed by atoms with Gasteiger partial charge in [0.25, 0.3) is 0 Å². The number of ether oxygens (including phenoxy) is 8. The molecule has 0 atom stereocenters. The summed E-state index contributed by atoms with van der Waals surface area (Å²) in [6.45, 7) is 22.9. The summed E-state index contributed by atoms with van der Waals surface area (Å²) in [6, 6.07) is 29.1. The third kappa shape index (κ3) is 18.0. The maximum absolute atomic E-state index is 12.5. The SMILES string of the molecule is CCOC(=O)CCCOc1cccc(OCCCC(=O)OCC)c1-c1c2nc(c(-c3cccc(C#C[Si](C(C)C)(C(C)C)C(C)C)c3)c3ccc([n-]3)c(-c3c(OCCCC(=O)OCC)cccc3OCCCC(=O)OCC)c3nc(cc4ccc1[n-]4)C=C3)C=C2.[Zn+2]. The van der Waals surface area contributed by atoms with Crippen LogP contribution in [0.1, 0.15) is 149 Å². The Morgan fingerprint density at radius 3 is 1.27 bits per heavy atom. The van der Waals surface area contributed by atoms with Crippen LogP contribution in [-0.2, 0) is 57.6 Å². The van der Waals surface area contributed by atoms with Crippen molar-refractivity contribution in [3.8, 4) is 67.8 Å². The Bertz CT molecular complexity index is 3610. The zero-order valence-electron chi connectivity index (χ0n) is 54.4. The van der Waals surface area contributed by atoms with E-state index in [9.17, 15) is 19.2 Å². The van der Waals surface area contributed by atoms with Gasteiger partial charge in [-0.1, -0.05) is 102 Å². The summed E-state index contributed by atoms with van der Waals surface area (Å²) < 4.78 is 47.4. The molecule has 3 aromatic carbocycles. The maximum atomic E-state index is 12.5. The van der Waals surface area contributed by atoms with E-state index in [-0.39, 0.29) is 122 Å². The smallest absolute Gasteiger partial charge is 0.657 e. The predicted octanol–water partition coefficient (Wildman–Crippen LogP) is 15.4. The van der Waals surface area contributed by atoms with Crippen LogP contribution in [0.15, 0.2) is 91.0 Å². The van der Waals surface area contributed by atoms with E-state index in [0.717, 1.165) is 16.7 Å². The predicted molar refractivity (Wildman–Crippen MR) is 356 cm³/mol. The molecule has 0 radical (unpaired) electrons. The van der Waals surface area contributed by atoms with Crippen molar-refractivity contribution < 1.29 is 76.6 Å². The van der Waals surface area contributed by atoms with Crippen molar-refractivity contribution in [3.05, 3.63) is 119 Å². The molecule has 474 valence electrons. The van der Waals surface area contributed by atoms with E-state index < -0.39 is 8.07 Å². The van der Waals surface area contributed by atoms with Crippen molar-refractivity contribution in [2.75, 3.05) is 52.9 Å². The molecule has 6 aromatic rings. The molecule has 0 aliphatic carbocycles. The number of hydrogen-bond donors (Lipinski definition) is 0. The second-order valence-electron chi connectivity index (χ2n) is 22.7. The first-order valence-electron chi connectivity index (χ1n) is 31.6. The van der Waals surface area contributed by atoms with Crippen molar-refractivity contribution in [1.29, 1.82) is 0 Å². The van der Waals surface area contributed by atoms with Gasteiger partial charge in [-0.25, -0.2) is 9.97 Å². The summed E-state index contributed by atoms with van der Waals surface area (Å²) in [7, 11) is -2.15. The average Bonchev–Trinajstić information content (AvgIpc) is 1.71. The number of hydrogen-bond acceptors (Lipinski definition) is 14. The molecule has 16 nitrogen and oxygen atoms in total. The minimum absolute atomic E-state index is 0. The molecule has 0 saturated carbocycles. The Morgan fingerprint density at radius 1 is 0.451 bits per heavy atom. The summed E-state index contributed by atoms with van der Waals surface area (Å²) in [6.07, 6.45) is 10.1. The summed E-state index contributed by atoms with van der Waals surface area (Å²) in [5, 5.41) is 0. The molecule has 2 aliphatic rings. The van der Waals surface area contributed by atoms with E-state index in [1.54, 1.807) is 27.7 Å². The van der Waals surface area contributed by atoms with Gasteiger partial charge in [0, 0.05) is 42.4 Å². The second kappa shape index (κ2) is 34.2. The van der Waals surface area contributed by atoms with E-state index in [1.807, 2.05) is 97.1 Å². The van der Waals surface area contributed by atoms with Gasteiger partial charge in [-0.3, -0.25) is 19.2 Å². The number of carbonyl (C=O) groups excluding carboxylic acids is 4. The molecule has 3 aromatic heterocycles. The van der Waals surface area contributed by atoms with Crippen LogP contribution >= 0.6 is 0 Å². The zero-order chi connectivity index (χ0) is 64.2. The third-order valence-electron chi connectivity index (χ3n) is 15.7. The molecule has 18 heteroatoms. The second-order valence-corrected chi connectivity index (χ2v) is 28.3. The summed E-state index contributed by atoms with van der Waals surface area (Å²) in [5.41, 5.74) is 14.7. The first-order chi connectivity index (χ1) is 43.6. The number of rotatable bonds is 30. The fourth-order valence-electron chi connectivity index (χ4n) is 11.7. The molecule has 0 amide bonds. The van der Waals surface area contributed by atoms with Crippen LogP contribution in [0.2, 0.25) is 16.6 Å². The van der Waals surface area contributed by atoms with Crippen molar-refractivity contribution in [1.82, 2.24) is 19.9 Å². The monoisotopic (exact) mass is 1300 g/mol. The summed E-state index contributed by atoms with van der Waals surface area (Å²) >= 11 is 0. The molecule has 0 unspecified atom stereocenters. The van der Waals surface area contributed by atoms with E-state index in [1.165, 1.54) is 0 Å². The van der Waals surface area contributed by atoms with Crippen LogP contribution in [0.4, 0.5) is 0 Å². The van der Waals surface area contributed by atoms with Gasteiger partial charge in [0.1, 0.15) is 31.1 Å². The molecule has 8 rings (SSSR count). The van der Waals surface area contributed by atoms with Gasteiger partial charge in [-0.2, -0.15) is 0 Å². The van der Waals surface area contributed by atoms with Crippen LogP contribution in [-0.4, -0.2) is 94.8 Å². The quantitative estimate of drug-likeness (QED) is 0.0135. The number of carbonyl (C=O) groups is 4. The Hall–Kier alpha value is -8.26. The van der Waals surface area contributed by atoms with Crippen molar-refractivity contribution in [2.24, 2.45) is 0 Å². The van der Waals surface area contributed by atoms with Crippen LogP contribution < -0.4 is 28.9 Å². The first-order valence-corrected chi connectivity index (χ1v) is 33.9. The van der Waals surface area contributed by atoms with Crippen LogP contribution in [0.25, 0.3) is 79.8 Å². The molecule has 0 N–H and O–H groups in total. The van der Waals surface area contributed by atoms with Gasteiger partial charge < -0.3 is 47.9 Å². The Labute approximate surface area is 549 Å².